The smallest absolute Gasteiger partial charge is 0.266 e. The molecule has 4 rings (SSSR count). The van der Waals surface area contributed by atoms with Crippen molar-refractivity contribution in [2.24, 2.45) is 4.99 Å². The zero-order chi connectivity index (χ0) is 23.2. The molecule has 2 aliphatic carbocycles. The Labute approximate surface area is 214 Å². The van der Waals surface area contributed by atoms with Crippen LogP contribution >= 0.6 is 34.4 Å². The lowest BCUT2D eigenvalue weighted by Gasteiger charge is -2.31. The van der Waals surface area contributed by atoms with Crippen molar-refractivity contribution in [2.45, 2.75) is 76.3 Å². The predicted molar refractivity (Wildman–Crippen MR) is 144 cm³/mol. The maximum Gasteiger partial charge on any atom is 0.266 e. The molecule has 33 heavy (non-hydrogen) atoms. The number of amidine groups is 1. The molecular weight excluding hydrogens is 547 g/mol. The fourth-order valence-electron chi connectivity index (χ4n) is 4.83. The van der Waals surface area contributed by atoms with Gasteiger partial charge in [0.15, 0.2) is 16.7 Å². The fraction of sp³-hybridized carbons (Fsp3) is 0.538. The largest absolute Gasteiger partial charge is 0.493 e. The van der Waals surface area contributed by atoms with E-state index in [1.807, 2.05) is 23.1 Å². The first-order valence-electron chi connectivity index (χ1n) is 11.9. The van der Waals surface area contributed by atoms with Crippen molar-refractivity contribution in [3.63, 3.8) is 0 Å². The molecule has 3 aliphatic rings. The van der Waals surface area contributed by atoms with E-state index < -0.39 is 0 Å². The summed E-state index contributed by atoms with van der Waals surface area (Å²) in [5, 5.41) is 0.903. The van der Waals surface area contributed by atoms with Gasteiger partial charge in [-0.25, -0.2) is 0 Å². The normalized spacial score (nSPS) is 22.7. The molecule has 1 aliphatic heterocycles. The standard InChI is InChI=1S/C26H31IN2O3S/c1-3-14-32-24-21(27)15-18(16-22(24)31-2)17-23-25(30)29(20-12-8-5-9-13-20)26(33-23)28-19-10-6-4-7-11-19/h1,15-17,19-20H,4-14H2,2H3. The van der Waals surface area contributed by atoms with E-state index in [1.165, 1.54) is 50.3 Å². The summed E-state index contributed by atoms with van der Waals surface area (Å²) >= 11 is 3.75. The summed E-state index contributed by atoms with van der Waals surface area (Å²) in [4.78, 5) is 21.4. The van der Waals surface area contributed by atoms with Crippen molar-refractivity contribution in [3.8, 4) is 23.8 Å². The van der Waals surface area contributed by atoms with Crippen LogP contribution in [0.1, 0.15) is 69.8 Å². The van der Waals surface area contributed by atoms with Crippen LogP contribution in [0.25, 0.3) is 6.08 Å². The van der Waals surface area contributed by atoms with E-state index in [4.69, 9.17) is 20.9 Å². The molecular formula is C26H31IN2O3S. The van der Waals surface area contributed by atoms with Gasteiger partial charge in [-0.3, -0.25) is 14.7 Å². The number of rotatable bonds is 6. The van der Waals surface area contributed by atoms with Crippen molar-refractivity contribution in [3.05, 3.63) is 26.2 Å². The molecule has 5 nitrogen and oxygen atoms in total. The lowest BCUT2D eigenvalue weighted by atomic mass is 9.94. The Hall–Kier alpha value is -1.66. The van der Waals surface area contributed by atoms with Crippen LogP contribution in [0.3, 0.4) is 0 Å². The van der Waals surface area contributed by atoms with Crippen molar-refractivity contribution < 1.29 is 14.3 Å². The lowest BCUT2D eigenvalue weighted by Crippen LogP contribution is -2.41. The minimum absolute atomic E-state index is 0.0862. The first-order valence-corrected chi connectivity index (χ1v) is 13.7. The molecule has 3 fully saturated rings. The highest BCUT2D eigenvalue weighted by Crippen LogP contribution is 2.40. The molecule has 1 heterocycles. The second-order valence-corrected chi connectivity index (χ2v) is 11.0. The van der Waals surface area contributed by atoms with Crippen LogP contribution in [0, 0.1) is 15.9 Å². The third-order valence-corrected chi connectivity index (χ3v) is 8.29. The average Bonchev–Trinajstić information content (AvgIpc) is 3.13. The van der Waals surface area contributed by atoms with Gasteiger partial charge in [-0.1, -0.05) is 44.4 Å². The van der Waals surface area contributed by atoms with Crippen LogP contribution in [0.4, 0.5) is 0 Å². The van der Waals surface area contributed by atoms with E-state index in [-0.39, 0.29) is 18.6 Å². The number of amides is 1. The second-order valence-electron chi connectivity index (χ2n) is 8.81. The van der Waals surface area contributed by atoms with Gasteiger partial charge in [0.25, 0.3) is 5.91 Å². The highest BCUT2D eigenvalue weighted by atomic mass is 127. The molecule has 0 spiro atoms. The third-order valence-electron chi connectivity index (χ3n) is 6.49. The summed E-state index contributed by atoms with van der Waals surface area (Å²) in [6, 6.07) is 4.50. The molecule has 0 bridgehead atoms. The molecule has 0 aromatic heterocycles. The van der Waals surface area contributed by atoms with Crippen LogP contribution < -0.4 is 9.47 Å². The predicted octanol–water partition coefficient (Wildman–Crippen LogP) is 6.25. The van der Waals surface area contributed by atoms with E-state index >= 15 is 0 Å². The zero-order valence-corrected chi connectivity index (χ0v) is 22.1. The van der Waals surface area contributed by atoms with Gasteiger partial charge in [0.05, 0.1) is 21.6 Å². The number of halogens is 1. The Kier molecular flexibility index (Phi) is 8.64. The fourth-order valence-corrected chi connectivity index (χ4v) is 6.72. The zero-order valence-electron chi connectivity index (χ0n) is 19.1. The molecule has 0 atom stereocenters. The number of terminal acetylenes is 1. The van der Waals surface area contributed by atoms with Crippen LogP contribution in [0.5, 0.6) is 11.5 Å². The lowest BCUT2D eigenvalue weighted by molar-refractivity contribution is -0.124. The quantitative estimate of drug-likeness (QED) is 0.228. The molecule has 1 aromatic rings. The highest BCUT2D eigenvalue weighted by molar-refractivity contribution is 14.1. The number of nitrogens with zero attached hydrogens (tertiary/aromatic N) is 2. The van der Waals surface area contributed by atoms with Gasteiger partial charge in [0.2, 0.25) is 0 Å². The second kappa shape index (κ2) is 11.7. The summed E-state index contributed by atoms with van der Waals surface area (Å²) in [6.07, 6.45) is 19.1. The van der Waals surface area contributed by atoms with Crippen LogP contribution in [0.2, 0.25) is 0 Å². The third kappa shape index (κ3) is 5.89. The topological polar surface area (TPSA) is 51.1 Å². The molecule has 0 unspecified atom stereocenters. The van der Waals surface area contributed by atoms with E-state index in [2.05, 4.69) is 28.5 Å². The number of methoxy groups -OCH3 is 1. The molecule has 0 radical (unpaired) electrons. The summed E-state index contributed by atoms with van der Waals surface area (Å²) in [5.41, 5.74) is 0.905. The highest BCUT2D eigenvalue weighted by Gasteiger charge is 2.39. The number of thioether (sulfide) groups is 1. The number of aliphatic imine (C=N–C) groups is 1. The Morgan fingerprint density at radius 2 is 1.88 bits per heavy atom. The van der Waals surface area contributed by atoms with Crippen molar-refractivity contribution >= 4 is 51.5 Å². The van der Waals surface area contributed by atoms with Gasteiger partial charge >= 0.3 is 0 Å². The molecule has 7 heteroatoms. The Bertz CT molecular complexity index is 972. The summed E-state index contributed by atoms with van der Waals surface area (Å²) < 4.78 is 12.1. The van der Waals surface area contributed by atoms with Crippen molar-refractivity contribution in [1.82, 2.24) is 4.90 Å². The van der Waals surface area contributed by atoms with Gasteiger partial charge < -0.3 is 9.47 Å². The number of hydrogen-bond acceptors (Lipinski definition) is 5. The van der Waals surface area contributed by atoms with E-state index in [0.717, 1.165) is 44.9 Å². The summed E-state index contributed by atoms with van der Waals surface area (Å²) in [7, 11) is 1.61. The molecule has 1 saturated heterocycles. The minimum atomic E-state index is 0.0862. The van der Waals surface area contributed by atoms with E-state index in [0.29, 0.717) is 17.5 Å². The maximum absolute atomic E-state index is 13.6. The first kappa shape index (κ1) is 24.5. The average molecular weight is 579 g/mol. The van der Waals surface area contributed by atoms with Crippen LogP contribution in [0.15, 0.2) is 22.0 Å². The van der Waals surface area contributed by atoms with Crippen molar-refractivity contribution in [1.29, 1.82) is 0 Å². The monoisotopic (exact) mass is 578 g/mol. The number of ether oxygens (including phenoxy) is 2. The van der Waals surface area contributed by atoms with Crippen LogP contribution in [-0.2, 0) is 4.79 Å². The number of carbonyl (C=O) groups excluding carboxylic acids is 1. The molecule has 2 saturated carbocycles. The molecule has 1 aromatic carbocycles. The maximum atomic E-state index is 13.6. The van der Waals surface area contributed by atoms with Gasteiger partial charge in [0.1, 0.15) is 6.61 Å². The van der Waals surface area contributed by atoms with Crippen molar-refractivity contribution in [2.75, 3.05) is 13.7 Å². The summed E-state index contributed by atoms with van der Waals surface area (Å²) in [5.74, 6) is 3.82. The number of carbonyl (C=O) groups is 1. The van der Waals surface area contributed by atoms with E-state index in [1.54, 1.807) is 7.11 Å². The minimum Gasteiger partial charge on any atom is -0.493 e. The molecule has 1 amide bonds. The molecule has 176 valence electrons. The number of benzene rings is 1. The van der Waals surface area contributed by atoms with Gasteiger partial charge in [-0.05, 0) is 83.8 Å². The van der Waals surface area contributed by atoms with Gasteiger partial charge in [-0.15, -0.1) is 6.42 Å². The van der Waals surface area contributed by atoms with Gasteiger partial charge in [-0.2, -0.15) is 0 Å². The summed E-state index contributed by atoms with van der Waals surface area (Å²) in [6.45, 7) is 0.179. The molecule has 0 N–H and O–H groups in total. The van der Waals surface area contributed by atoms with Gasteiger partial charge in [0, 0.05) is 6.04 Å². The Morgan fingerprint density at radius 1 is 1.18 bits per heavy atom. The first-order chi connectivity index (χ1) is 16.1. The van der Waals surface area contributed by atoms with Crippen LogP contribution in [-0.4, -0.2) is 41.8 Å². The Balaban J connectivity index is 1.64. The van der Waals surface area contributed by atoms with E-state index in [9.17, 15) is 4.79 Å². The Morgan fingerprint density at radius 3 is 2.55 bits per heavy atom. The number of hydrogen-bond donors (Lipinski definition) is 0. The SMILES string of the molecule is C#CCOc1c(I)cc(C=C2SC(=NC3CCCCC3)N(C3CCCCC3)C2=O)cc1OC.